The fourth-order valence-corrected chi connectivity index (χ4v) is 4.26. The Balaban J connectivity index is 2.24. The van der Waals surface area contributed by atoms with Crippen molar-refractivity contribution in [1.29, 1.82) is 0 Å². The van der Waals surface area contributed by atoms with Gasteiger partial charge in [-0.25, -0.2) is 13.1 Å². The van der Waals surface area contributed by atoms with Crippen LogP contribution in [-0.4, -0.2) is 14.5 Å². The van der Waals surface area contributed by atoms with Crippen molar-refractivity contribution in [2.75, 3.05) is 5.73 Å². The smallest absolute Gasteiger partial charge is 0.243 e. The van der Waals surface area contributed by atoms with Gasteiger partial charge in [0.05, 0.1) is 5.69 Å². The van der Waals surface area contributed by atoms with Crippen LogP contribution in [0.4, 0.5) is 5.69 Å². The first kappa shape index (κ1) is 14.3. The number of hydrogen-bond acceptors (Lipinski definition) is 3. The first-order valence-electron chi connectivity index (χ1n) is 6.74. The number of nitrogen functional groups attached to an aromatic ring is 1. The summed E-state index contributed by atoms with van der Waals surface area (Å²) in [6, 6.07) is 3.60. The summed E-state index contributed by atoms with van der Waals surface area (Å²) < 4.78 is 27.7. The maximum absolute atomic E-state index is 12.4. The summed E-state index contributed by atoms with van der Waals surface area (Å²) in [5, 5.41) is 0. The minimum absolute atomic E-state index is 0.0873. The summed E-state index contributed by atoms with van der Waals surface area (Å²) in [5.41, 5.74) is 7.85. The third-order valence-corrected chi connectivity index (χ3v) is 5.56. The van der Waals surface area contributed by atoms with E-state index in [0.717, 1.165) is 30.4 Å². The second-order valence-electron chi connectivity index (χ2n) is 5.44. The highest BCUT2D eigenvalue weighted by atomic mass is 32.2. The number of nitrogens with one attached hydrogen (secondary N) is 1. The van der Waals surface area contributed by atoms with Gasteiger partial charge in [-0.2, -0.15) is 0 Å². The Morgan fingerprint density at radius 2 is 2.05 bits per heavy atom. The molecular weight excluding hydrogens is 260 g/mol. The molecule has 19 heavy (non-hydrogen) atoms. The average Bonchev–Trinajstić information content (AvgIpc) is 3.01. The van der Waals surface area contributed by atoms with E-state index in [4.69, 9.17) is 5.73 Å². The van der Waals surface area contributed by atoms with E-state index in [2.05, 4.69) is 11.6 Å². The van der Waals surface area contributed by atoms with Gasteiger partial charge in [-0.05, 0) is 49.8 Å². The van der Waals surface area contributed by atoms with Crippen molar-refractivity contribution < 1.29 is 8.42 Å². The van der Waals surface area contributed by atoms with Gasteiger partial charge in [0.1, 0.15) is 4.90 Å². The van der Waals surface area contributed by atoms with Crippen molar-refractivity contribution in [3.05, 3.63) is 23.3 Å². The van der Waals surface area contributed by atoms with E-state index < -0.39 is 10.0 Å². The predicted molar refractivity (Wildman–Crippen MR) is 77.5 cm³/mol. The van der Waals surface area contributed by atoms with Gasteiger partial charge in [-0.1, -0.05) is 19.4 Å². The van der Waals surface area contributed by atoms with Gasteiger partial charge in [0.15, 0.2) is 0 Å². The van der Waals surface area contributed by atoms with Crippen molar-refractivity contribution in [3.63, 3.8) is 0 Å². The highest BCUT2D eigenvalue weighted by molar-refractivity contribution is 7.89. The Labute approximate surface area is 115 Å². The standard InChI is InChI=1S/C14H22N2O2S/c1-4-5-11-8-13(11)16-19(17,18)14-10(3)9(2)6-7-12(14)15/h6-7,11,13,16H,4-5,8,15H2,1-3H3. The zero-order valence-corrected chi connectivity index (χ0v) is 12.5. The first-order valence-corrected chi connectivity index (χ1v) is 8.23. The molecule has 0 radical (unpaired) electrons. The van der Waals surface area contributed by atoms with Crippen LogP contribution >= 0.6 is 0 Å². The molecule has 0 spiro atoms. The summed E-state index contributed by atoms with van der Waals surface area (Å²) in [6.07, 6.45) is 3.11. The van der Waals surface area contributed by atoms with E-state index in [9.17, 15) is 8.42 Å². The fourth-order valence-electron chi connectivity index (χ4n) is 2.51. The number of hydrogen-bond donors (Lipinski definition) is 2. The molecule has 3 N–H and O–H groups in total. The average molecular weight is 282 g/mol. The minimum Gasteiger partial charge on any atom is -0.398 e. The lowest BCUT2D eigenvalue weighted by molar-refractivity contribution is 0.573. The Morgan fingerprint density at radius 1 is 1.37 bits per heavy atom. The molecular formula is C14H22N2O2S. The summed E-state index contributed by atoms with van der Waals surface area (Å²) in [4.78, 5) is 0.245. The monoisotopic (exact) mass is 282 g/mol. The topological polar surface area (TPSA) is 72.2 Å². The van der Waals surface area contributed by atoms with Crippen molar-refractivity contribution in [2.45, 2.75) is 51.0 Å². The third kappa shape index (κ3) is 2.92. The summed E-state index contributed by atoms with van der Waals surface area (Å²) in [7, 11) is -3.51. The van der Waals surface area contributed by atoms with Gasteiger partial charge in [0.2, 0.25) is 10.0 Å². The molecule has 1 aliphatic carbocycles. The lowest BCUT2D eigenvalue weighted by Crippen LogP contribution is -2.28. The van der Waals surface area contributed by atoms with Gasteiger partial charge in [-0.3, -0.25) is 0 Å². The summed E-state index contributed by atoms with van der Waals surface area (Å²) >= 11 is 0. The van der Waals surface area contributed by atoms with E-state index in [1.807, 2.05) is 13.0 Å². The van der Waals surface area contributed by atoms with Gasteiger partial charge in [-0.15, -0.1) is 0 Å². The normalized spacial score (nSPS) is 22.5. The Bertz CT molecular complexity index is 581. The van der Waals surface area contributed by atoms with E-state index in [0.29, 0.717) is 11.6 Å². The molecule has 2 rings (SSSR count). The number of anilines is 1. The Morgan fingerprint density at radius 3 is 2.68 bits per heavy atom. The molecule has 4 nitrogen and oxygen atoms in total. The zero-order valence-electron chi connectivity index (χ0n) is 11.7. The third-order valence-electron chi connectivity index (χ3n) is 3.86. The molecule has 2 unspecified atom stereocenters. The Kier molecular flexibility index (Phi) is 3.87. The minimum atomic E-state index is -3.51. The predicted octanol–water partition coefficient (Wildman–Crippen LogP) is 2.35. The maximum Gasteiger partial charge on any atom is 0.243 e. The molecule has 1 aromatic carbocycles. The van der Waals surface area contributed by atoms with Crippen molar-refractivity contribution >= 4 is 15.7 Å². The SMILES string of the molecule is CCCC1CC1NS(=O)(=O)c1c(N)ccc(C)c1C. The van der Waals surface area contributed by atoms with Crippen LogP contribution in [0.2, 0.25) is 0 Å². The number of rotatable bonds is 5. The van der Waals surface area contributed by atoms with Crippen molar-refractivity contribution in [3.8, 4) is 0 Å². The van der Waals surface area contributed by atoms with Crippen LogP contribution in [0.15, 0.2) is 17.0 Å². The second-order valence-corrected chi connectivity index (χ2v) is 7.09. The zero-order chi connectivity index (χ0) is 14.2. The highest BCUT2D eigenvalue weighted by Gasteiger charge is 2.39. The summed E-state index contributed by atoms with van der Waals surface area (Å²) in [5.74, 6) is 0.492. The van der Waals surface area contributed by atoms with E-state index in [1.165, 1.54) is 0 Å². The molecule has 1 fully saturated rings. The van der Waals surface area contributed by atoms with Gasteiger partial charge in [0, 0.05) is 6.04 Å². The van der Waals surface area contributed by atoms with Gasteiger partial charge in [0.25, 0.3) is 0 Å². The molecule has 0 amide bonds. The maximum atomic E-state index is 12.4. The molecule has 0 saturated heterocycles. The van der Waals surface area contributed by atoms with Crippen molar-refractivity contribution in [1.82, 2.24) is 4.72 Å². The second kappa shape index (κ2) is 5.13. The lowest BCUT2D eigenvalue weighted by Gasteiger charge is -2.13. The van der Waals surface area contributed by atoms with E-state index in [-0.39, 0.29) is 10.9 Å². The molecule has 5 heteroatoms. The molecule has 1 aliphatic rings. The first-order chi connectivity index (χ1) is 8.86. The molecule has 1 aromatic rings. The number of sulfonamides is 1. The summed E-state index contributed by atoms with van der Waals surface area (Å²) in [6.45, 7) is 5.81. The van der Waals surface area contributed by atoms with Crippen LogP contribution in [0.5, 0.6) is 0 Å². The van der Waals surface area contributed by atoms with E-state index in [1.54, 1.807) is 13.0 Å². The van der Waals surface area contributed by atoms with Crippen LogP contribution in [-0.2, 0) is 10.0 Å². The lowest BCUT2D eigenvalue weighted by atomic mass is 10.1. The quantitative estimate of drug-likeness (QED) is 0.814. The molecule has 0 heterocycles. The van der Waals surface area contributed by atoms with Crippen molar-refractivity contribution in [2.24, 2.45) is 5.92 Å². The largest absolute Gasteiger partial charge is 0.398 e. The van der Waals surface area contributed by atoms with Gasteiger partial charge < -0.3 is 5.73 Å². The number of aryl methyl sites for hydroxylation is 1. The Hall–Kier alpha value is -1.07. The molecule has 0 bridgehead atoms. The highest BCUT2D eigenvalue weighted by Crippen LogP contribution is 2.36. The van der Waals surface area contributed by atoms with Crippen LogP contribution in [0.3, 0.4) is 0 Å². The molecule has 2 atom stereocenters. The van der Waals surface area contributed by atoms with Crippen LogP contribution in [0, 0.1) is 19.8 Å². The van der Waals surface area contributed by atoms with Crippen LogP contribution in [0.25, 0.3) is 0 Å². The number of benzene rings is 1. The van der Waals surface area contributed by atoms with Gasteiger partial charge >= 0.3 is 0 Å². The molecule has 106 valence electrons. The fraction of sp³-hybridized carbons (Fsp3) is 0.571. The molecule has 0 aliphatic heterocycles. The van der Waals surface area contributed by atoms with Crippen LogP contribution in [0.1, 0.15) is 37.3 Å². The van der Waals surface area contributed by atoms with Crippen LogP contribution < -0.4 is 10.5 Å². The number of nitrogens with two attached hydrogens (primary N) is 1. The molecule has 1 saturated carbocycles. The van der Waals surface area contributed by atoms with E-state index >= 15 is 0 Å². The molecule has 0 aromatic heterocycles.